The summed E-state index contributed by atoms with van der Waals surface area (Å²) in [6.07, 6.45) is 0.429. The minimum atomic E-state index is -3.19. The SMILES string of the molecule is CCOC1OCCN1S(C)(=O)=O. The molecule has 0 aromatic carbocycles. The molecule has 1 aliphatic heterocycles. The van der Waals surface area contributed by atoms with Crippen LogP contribution in [0.2, 0.25) is 0 Å². The molecular weight excluding hydrogens is 182 g/mol. The second-order valence-electron chi connectivity index (χ2n) is 2.51. The number of rotatable bonds is 3. The van der Waals surface area contributed by atoms with Crippen LogP contribution in [0.25, 0.3) is 0 Å². The smallest absolute Gasteiger partial charge is 0.231 e. The zero-order valence-corrected chi connectivity index (χ0v) is 8.00. The van der Waals surface area contributed by atoms with Crippen molar-refractivity contribution in [1.82, 2.24) is 4.31 Å². The maximum absolute atomic E-state index is 11.1. The highest BCUT2D eigenvalue weighted by Gasteiger charge is 2.32. The van der Waals surface area contributed by atoms with Gasteiger partial charge in [-0.15, -0.1) is 4.31 Å². The van der Waals surface area contributed by atoms with Gasteiger partial charge in [-0.2, -0.15) is 0 Å². The molecule has 0 aromatic heterocycles. The van der Waals surface area contributed by atoms with E-state index in [9.17, 15) is 8.42 Å². The largest absolute Gasteiger partial charge is 0.339 e. The fraction of sp³-hybridized carbons (Fsp3) is 1.00. The van der Waals surface area contributed by atoms with Gasteiger partial charge in [0, 0.05) is 13.2 Å². The Labute approximate surface area is 72.3 Å². The van der Waals surface area contributed by atoms with Crippen molar-refractivity contribution in [3.05, 3.63) is 0 Å². The lowest BCUT2D eigenvalue weighted by Gasteiger charge is -2.19. The highest BCUT2D eigenvalue weighted by atomic mass is 32.2. The minimum Gasteiger partial charge on any atom is -0.339 e. The summed E-state index contributed by atoms with van der Waals surface area (Å²) in [4.78, 5) is 0. The Morgan fingerprint density at radius 2 is 2.33 bits per heavy atom. The molecule has 1 unspecified atom stereocenters. The van der Waals surface area contributed by atoms with Crippen molar-refractivity contribution in [2.24, 2.45) is 0 Å². The lowest BCUT2D eigenvalue weighted by Crippen LogP contribution is -2.37. The molecule has 0 bridgehead atoms. The van der Waals surface area contributed by atoms with Gasteiger partial charge in [-0.3, -0.25) is 0 Å². The quantitative estimate of drug-likeness (QED) is 0.614. The molecule has 1 heterocycles. The van der Waals surface area contributed by atoms with Crippen LogP contribution in [0.5, 0.6) is 0 Å². The summed E-state index contributed by atoms with van der Waals surface area (Å²) in [7, 11) is -3.19. The van der Waals surface area contributed by atoms with Crippen molar-refractivity contribution < 1.29 is 17.9 Å². The van der Waals surface area contributed by atoms with Crippen LogP contribution in [-0.2, 0) is 19.5 Å². The van der Waals surface area contributed by atoms with Gasteiger partial charge in [0.15, 0.2) is 0 Å². The minimum absolute atomic E-state index is 0.378. The van der Waals surface area contributed by atoms with Crippen LogP contribution in [0.15, 0.2) is 0 Å². The number of hydrogen-bond donors (Lipinski definition) is 0. The molecule has 1 fully saturated rings. The second-order valence-corrected chi connectivity index (χ2v) is 4.44. The van der Waals surface area contributed by atoms with E-state index in [2.05, 4.69) is 0 Å². The molecule has 1 rings (SSSR count). The number of hydrogen-bond acceptors (Lipinski definition) is 4. The Kier molecular flexibility index (Phi) is 3.05. The summed E-state index contributed by atoms with van der Waals surface area (Å²) < 4.78 is 33.5. The monoisotopic (exact) mass is 195 g/mol. The molecule has 1 aliphatic rings. The van der Waals surface area contributed by atoms with Crippen LogP contribution in [0, 0.1) is 0 Å². The molecular formula is C6H13NO4S. The molecule has 72 valence electrons. The normalized spacial score (nSPS) is 26.3. The second kappa shape index (κ2) is 3.69. The summed E-state index contributed by atoms with van der Waals surface area (Å²) in [5.41, 5.74) is 0. The molecule has 1 saturated heterocycles. The van der Waals surface area contributed by atoms with Gasteiger partial charge in [0.2, 0.25) is 16.4 Å². The average Bonchev–Trinajstić information content (AvgIpc) is 2.34. The van der Waals surface area contributed by atoms with Crippen LogP contribution in [-0.4, -0.2) is 45.2 Å². The van der Waals surface area contributed by atoms with E-state index in [0.29, 0.717) is 19.8 Å². The summed E-state index contributed by atoms with van der Waals surface area (Å²) in [5, 5.41) is 0. The first kappa shape index (κ1) is 9.91. The van der Waals surface area contributed by atoms with E-state index in [1.807, 2.05) is 0 Å². The van der Waals surface area contributed by atoms with Crippen LogP contribution in [0.3, 0.4) is 0 Å². The Bertz CT molecular complexity index is 238. The molecule has 0 amide bonds. The fourth-order valence-corrected chi connectivity index (χ4v) is 1.87. The maximum atomic E-state index is 11.1. The van der Waals surface area contributed by atoms with Gasteiger partial charge in [-0.25, -0.2) is 8.42 Å². The van der Waals surface area contributed by atoms with E-state index in [1.165, 1.54) is 4.31 Å². The van der Waals surface area contributed by atoms with Gasteiger partial charge in [-0.1, -0.05) is 0 Å². The molecule has 1 atom stereocenters. The van der Waals surface area contributed by atoms with Crippen molar-refractivity contribution in [2.45, 2.75) is 13.3 Å². The van der Waals surface area contributed by atoms with Gasteiger partial charge < -0.3 is 9.47 Å². The maximum Gasteiger partial charge on any atom is 0.231 e. The van der Waals surface area contributed by atoms with Gasteiger partial charge in [-0.05, 0) is 6.92 Å². The van der Waals surface area contributed by atoms with Crippen LogP contribution in [0.1, 0.15) is 6.92 Å². The molecule has 0 N–H and O–H groups in total. The van der Waals surface area contributed by atoms with Gasteiger partial charge >= 0.3 is 0 Å². The summed E-state index contributed by atoms with van der Waals surface area (Å²) in [5.74, 6) is 0. The topological polar surface area (TPSA) is 55.8 Å². The average molecular weight is 195 g/mol. The van der Waals surface area contributed by atoms with Crippen LogP contribution in [0.4, 0.5) is 0 Å². The van der Waals surface area contributed by atoms with Gasteiger partial charge in [0.05, 0.1) is 12.9 Å². The van der Waals surface area contributed by atoms with Crippen molar-refractivity contribution in [3.8, 4) is 0 Å². The summed E-state index contributed by atoms with van der Waals surface area (Å²) in [6.45, 7) is 3.01. The summed E-state index contributed by atoms with van der Waals surface area (Å²) in [6, 6.07) is 0. The van der Waals surface area contributed by atoms with E-state index >= 15 is 0 Å². The molecule has 6 heteroatoms. The first-order valence-corrected chi connectivity index (χ1v) is 5.60. The van der Waals surface area contributed by atoms with Crippen molar-refractivity contribution in [2.75, 3.05) is 26.0 Å². The fourth-order valence-electron chi connectivity index (χ4n) is 1.03. The third-order valence-corrected chi connectivity index (χ3v) is 2.75. The van der Waals surface area contributed by atoms with E-state index in [1.54, 1.807) is 6.92 Å². The third kappa shape index (κ3) is 2.16. The molecule has 0 saturated carbocycles. The summed E-state index contributed by atoms with van der Waals surface area (Å²) >= 11 is 0. The van der Waals surface area contributed by atoms with Gasteiger partial charge in [0.25, 0.3) is 0 Å². The lowest BCUT2D eigenvalue weighted by atomic mass is 10.7. The molecule has 0 spiro atoms. The van der Waals surface area contributed by atoms with Crippen molar-refractivity contribution in [3.63, 3.8) is 0 Å². The molecule has 5 nitrogen and oxygen atoms in total. The van der Waals surface area contributed by atoms with Crippen molar-refractivity contribution >= 4 is 10.0 Å². The van der Waals surface area contributed by atoms with Gasteiger partial charge in [0.1, 0.15) is 0 Å². The third-order valence-electron chi connectivity index (χ3n) is 1.54. The Morgan fingerprint density at radius 3 is 2.83 bits per heavy atom. The predicted octanol–water partition coefficient (Wildman–Crippen LogP) is -0.402. The van der Waals surface area contributed by atoms with E-state index < -0.39 is 16.4 Å². The van der Waals surface area contributed by atoms with Crippen LogP contribution < -0.4 is 0 Å². The Hall–Kier alpha value is -0.170. The van der Waals surface area contributed by atoms with E-state index in [-0.39, 0.29) is 0 Å². The number of ether oxygens (including phenoxy) is 2. The van der Waals surface area contributed by atoms with E-state index in [0.717, 1.165) is 6.26 Å². The van der Waals surface area contributed by atoms with E-state index in [4.69, 9.17) is 9.47 Å². The first-order valence-electron chi connectivity index (χ1n) is 3.75. The molecule has 0 radical (unpaired) electrons. The lowest BCUT2D eigenvalue weighted by molar-refractivity contribution is -0.148. The van der Waals surface area contributed by atoms with Crippen molar-refractivity contribution in [1.29, 1.82) is 0 Å². The van der Waals surface area contributed by atoms with Crippen LogP contribution >= 0.6 is 0 Å². The number of sulfonamides is 1. The standard InChI is InChI=1S/C6H13NO4S/c1-3-10-6-7(4-5-11-6)12(2,8)9/h6H,3-5H2,1-2H3. The first-order chi connectivity index (χ1) is 5.55. The molecule has 0 aromatic rings. The zero-order valence-electron chi connectivity index (χ0n) is 7.19. The predicted molar refractivity (Wildman–Crippen MR) is 42.9 cm³/mol. The highest BCUT2D eigenvalue weighted by Crippen LogP contribution is 2.14. The Morgan fingerprint density at radius 1 is 1.67 bits per heavy atom. The zero-order chi connectivity index (χ0) is 9.19. The molecule has 12 heavy (non-hydrogen) atoms. The Balaban J connectivity index is 2.64. The molecule has 0 aliphatic carbocycles. The highest BCUT2D eigenvalue weighted by molar-refractivity contribution is 7.88. The number of nitrogens with zero attached hydrogens (tertiary/aromatic N) is 1.